The summed E-state index contributed by atoms with van der Waals surface area (Å²) < 4.78 is 0. The highest BCUT2D eigenvalue weighted by atomic mass is 32.1. The maximum absolute atomic E-state index is 10.5. The van der Waals surface area contributed by atoms with Gasteiger partial charge in [0, 0.05) is 4.88 Å². The lowest BCUT2D eigenvalue weighted by molar-refractivity contribution is 0.112. The molecular formula is C11H9BO3S. The van der Waals surface area contributed by atoms with E-state index in [4.69, 9.17) is 10.0 Å². The molecule has 0 radical (unpaired) electrons. The van der Waals surface area contributed by atoms with Gasteiger partial charge in [0.2, 0.25) is 0 Å². The second kappa shape index (κ2) is 4.61. The van der Waals surface area contributed by atoms with Crippen LogP contribution in [0.3, 0.4) is 0 Å². The van der Waals surface area contributed by atoms with Crippen LogP contribution in [0.25, 0.3) is 10.4 Å². The molecule has 0 aliphatic heterocycles. The van der Waals surface area contributed by atoms with Gasteiger partial charge >= 0.3 is 7.12 Å². The van der Waals surface area contributed by atoms with E-state index >= 15 is 0 Å². The number of hydrogen-bond acceptors (Lipinski definition) is 4. The Balaban J connectivity index is 2.30. The molecule has 80 valence electrons. The van der Waals surface area contributed by atoms with Gasteiger partial charge in [-0.25, -0.2) is 0 Å². The van der Waals surface area contributed by atoms with Gasteiger partial charge in [-0.2, -0.15) is 0 Å². The second-order valence-corrected chi connectivity index (χ2v) is 4.43. The van der Waals surface area contributed by atoms with Crippen LogP contribution >= 0.6 is 11.3 Å². The van der Waals surface area contributed by atoms with Crippen LogP contribution in [0.2, 0.25) is 0 Å². The lowest BCUT2D eigenvalue weighted by atomic mass is 9.80. The van der Waals surface area contributed by atoms with Gasteiger partial charge in [-0.05, 0) is 23.2 Å². The van der Waals surface area contributed by atoms with Crippen LogP contribution in [-0.4, -0.2) is 23.5 Å². The zero-order valence-electron chi connectivity index (χ0n) is 8.33. The van der Waals surface area contributed by atoms with Crippen molar-refractivity contribution >= 4 is 30.2 Å². The molecule has 0 spiro atoms. The quantitative estimate of drug-likeness (QED) is 0.610. The highest BCUT2D eigenvalue weighted by molar-refractivity contribution is 7.17. The molecule has 3 nitrogen and oxygen atoms in total. The number of rotatable bonds is 3. The van der Waals surface area contributed by atoms with Gasteiger partial charge in [0.05, 0.1) is 4.88 Å². The molecule has 16 heavy (non-hydrogen) atoms. The molecular weight excluding hydrogens is 223 g/mol. The third kappa shape index (κ3) is 2.22. The van der Waals surface area contributed by atoms with Crippen LogP contribution in [0.4, 0.5) is 0 Å². The molecule has 1 aromatic carbocycles. The molecule has 5 heteroatoms. The summed E-state index contributed by atoms with van der Waals surface area (Å²) in [5, 5.41) is 17.9. The first-order chi connectivity index (χ1) is 7.70. The summed E-state index contributed by atoms with van der Waals surface area (Å²) >= 11 is 1.41. The normalized spacial score (nSPS) is 10.1. The molecule has 1 aromatic heterocycles. The van der Waals surface area contributed by atoms with Gasteiger partial charge in [-0.3, -0.25) is 4.79 Å². The summed E-state index contributed by atoms with van der Waals surface area (Å²) in [7, 11) is -1.44. The van der Waals surface area contributed by atoms with Crippen LogP contribution in [0.5, 0.6) is 0 Å². The Hall–Kier alpha value is -1.43. The molecule has 0 saturated carbocycles. The van der Waals surface area contributed by atoms with E-state index < -0.39 is 7.12 Å². The minimum absolute atomic E-state index is 0.455. The first-order valence-electron chi connectivity index (χ1n) is 4.72. The van der Waals surface area contributed by atoms with Gasteiger partial charge in [0.15, 0.2) is 6.29 Å². The summed E-state index contributed by atoms with van der Waals surface area (Å²) in [6.45, 7) is 0. The van der Waals surface area contributed by atoms with Gasteiger partial charge < -0.3 is 10.0 Å². The lowest BCUT2D eigenvalue weighted by Crippen LogP contribution is -2.29. The Morgan fingerprint density at radius 3 is 2.25 bits per heavy atom. The fourth-order valence-electron chi connectivity index (χ4n) is 1.39. The third-order valence-corrected chi connectivity index (χ3v) is 3.30. The minimum atomic E-state index is -1.44. The molecule has 2 N–H and O–H groups in total. The Morgan fingerprint density at radius 2 is 1.75 bits per heavy atom. The van der Waals surface area contributed by atoms with Gasteiger partial charge in [-0.15, -0.1) is 11.3 Å². The van der Waals surface area contributed by atoms with Crippen LogP contribution in [0, 0.1) is 0 Å². The van der Waals surface area contributed by atoms with E-state index in [1.807, 2.05) is 6.07 Å². The van der Waals surface area contributed by atoms with Crippen LogP contribution < -0.4 is 5.46 Å². The summed E-state index contributed by atoms with van der Waals surface area (Å²) in [6, 6.07) is 10.5. The molecule has 0 unspecified atom stereocenters. The first-order valence-corrected chi connectivity index (χ1v) is 5.54. The van der Waals surface area contributed by atoms with Crippen molar-refractivity contribution in [3.05, 3.63) is 41.3 Å². The van der Waals surface area contributed by atoms with E-state index in [0.29, 0.717) is 10.3 Å². The summed E-state index contributed by atoms with van der Waals surface area (Å²) in [4.78, 5) is 12.2. The largest absolute Gasteiger partial charge is 0.488 e. The molecule has 0 fully saturated rings. The average molecular weight is 232 g/mol. The van der Waals surface area contributed by atoms with Crippen molar-refractivity contribution in [3.8, 4) is 10.4 Å². The molecule has 0 aliphatic rings. The van der Waals surface area contributed by atoms with Crippen molar-refractivity contribution in [2.45, 2.75) is 0 Å². The third-order valence-electron chi connectivity index (χ3n) is 2.24. The highest BCUT2D eigenvalue weighted by Gasteiger charge is 2.10. The maximum atomic E-state index is 10.5. The maximum Gasteiger partial charge on any atom is 0.488 e. The molecule has 2 aromatic rings. The number of aldehydes is 1. The molecule has 0 bridgehead atoms. The van der Waals surface area contributed by atoms with Crippen molar-refractivity contribution in [3.63, 3.8) is 0 Å². The monoisotopic (exact) mass is 232 g/mol. The van der Waals surface area contributed by atoms with Crippen molar-refractivity contribution in [1.29, 1.82) is 0 Å². The summed E-state index contributed by atoms with van der Waals surface area (Å²) in [5.74, 6) is 0. The van der Waals surface area contributed by atoms with Crippen LogP contribution in [0.15, 0.2) is 36.4 Å². The fourth-order valence-corrected chi connectivity index (χ4v) is 2.22. The van der Waals surface area contributed by atoms with Gasteiger partial charge in [0.25, 0.3) is 0 Å². The fraction of sp³-hybridized carbons (Fsp3) is 0. The number of hydrogen-bond donors (Lipinski definition) is 2. The van der Waals surface area contributed by atoms with E-state index in [2.05, 4.69) is 0 Å². The summed E-state index contributed by atoms with van der Waals surface area (Å²) in [6.07, 6.45) is 0.819. The average Bonchev–Trinajstić information content (AvgIpc) is 2.77. The predicted octanol–water partition coefficient (Wildman–Crippen LogP) is 0.907. The smallest absolute Gasteiger partial charge is 0.423 e. The SMILES string of the molecule is O=Cc1ccc(-c2ccc(B(O)O)cc2)s1. The Labute approximate surface area is 97.1 Å². The van der Waals surface area contributed by atoms with E-state index in [-0.39, 0.29) is 0 Å². The Bertz CT molecular complexity index is 490. The molecule has 0 atom stereocenters. The van der Waals surface area contributed by atoms with Crippen molar-refractivity contribution < 1.29 is 14.8 Å². The second-order valence-electron chi connectivity index (χ2n) is 3.32. The number of carbonyl (C=O) groups excluding carboxylic acids is 1. The minimum Gasteiger partial charge on any atom is -0.423 e. The number of carbonyl (C=O) groups is 1. The van der Waals surface area contributed by atoms with E-state index in [1.54, 1.807) is 30.3 Å². The highest BCUT2D eigenvalue weighted by Crippen LogP contribution is 2.26. The molecule has 2 rings (SSSR count). The van der Waals surface area contributed by atoms with E-state index in [1.165, 1.54) is 11.3 Å². The standard InChI is InChI=1S/C11H9BO3S/c13-7-10-5-6-11(16-10)8-1-3-9(4-2-8)12(14)15/h1-7,14-15H. The number of benzene rings is 1. The molecule has 0 saturated heterocycles. The van der Waals surface area contributed by atoms with Crippen molar-refractivity contribution in [2.75, 3.05) is 0 Å². The predicted molar refractivity (Wildman–Crippen MR) is 65.0 cm³/mol. The molecule has 0 amide bonds. The zero-order valence-corrected chi connectivity index (χ0v) is 9.15. The Morgan fingerprint density at radius 1 is 1.06 bits per heavy atom. The van der Waals surface area contributed by atoms with Crippen molar-refractivity contribution in [1.82, 2.24) is 0 Å². The van der Waals surface area contributed by atoms with Crippen molar-refractivity contribution in [2.24, 2.45) is 0 Å². The van der Waals surface area contributed by atoms with E-state index in [9.17, 15) is 4.79 Å². The van der Waals surface area contributed by atoms with Gasteiger partial charge in [-0.1, -0.05) is 24.3 Å². The van der Waals surface area contributed by atoms with E-state index in [0.717, 1.165) is 16.7 Å². The van der Waals surface area contributed by atoms with Crippen LogP contribution in [-0.2, 0) is 0 Å². The molecule has 0 aliphatic carbocycles. The van der Waals surface area contributed by atoms with Gasteiger partial charge in [0.1, 0.15) is 0 Å². The lowest BCUT2D eigenvalue weighted by Gasteiger charge is -2.00. The van der Waals surface area contributed by atoms with Crippen LogP contribution in [0.1, 0.15) is 9.67 Å². The number of thiophene rings is 1. The first kappa shape index (κ1) is 11.1. The topological polar surface area (TPSA) is 57.5 Å². The Kier molecular flexibility index (Phi) is 3.19. The molecule has 1 heterocycles. The summed E-state index contributed by atoms with van der Waals surface area (Å²) in [5.41, 5.74) is 1.42. The zero-order chi connectivity index (χ0) is 11.5.